The number of nitrogens with one attached hydrogen (secondary N) is 1. The van der Waals surface area contributed by atoms with Crippen molar-refractivity contribution in [3.63, 3.8) is 0 Å². The van der Waals surface area contributed by atoms with Crippen molar-refractivity contribution in [1.82, 2.24) is 15.1 Å². The van der Waals surface area contributed by atoms with Gasteiger partial charge in [-0.05, 0) is 30.2 Å². The Morgan fingerprint density at radius 2 is 2.14 bits per heavy atom. The van der Waals surface area contributed by atoms with E-state index in [9.17, 15) is 22.4 Å². The number of alkyl halides is 3. The monoisotopic (exact) mass is 435 g/mol. The first-order valence-electron chi connectivity index (χ1n) is 8.73. The molecule has 1 aromatic rings. The lowest BCUT2D eigenvalue weighted by molar-refractivity contribution is -0.138. The summed E-state index contributed by atoms with van der Waals surface area (Å²) in [6.07, 6.45) is -3.94. The van der Waals surface area contributed by atoms with Gasteiger partial charge < -0.3 is 15.1 Å². The number of hydrogen-bond donors (Lipinski definition) is 2. The number of fused-ring (bicyclic) bond motifs is 3. The Kier molecular flexibility index (Phi) is 4.54. The maximum Gasteiger partial charge on any atom is 0.405 e. The number of carbonyl (C=O) groups is 1. The first-order valence-corrected chi connectivity index (χ1v) is 9.62. The van der Waals surface area contributed by atoms with E-state index in [0.29, 0.717) is 29.2 Å². The third kappa shape index (κ3) is 3.12. The molecule has 2 heterocycles. The van der Waals surface area contributed by atoms with E-state index in [2.05, 4.69) is 12.6 Å². The number of amides is 1. The summed E-state index contributed by atoms with van der Waals surface area (Å²) in [6.45, 7) is -0.844. The molecule has 3 atom stereocenters. The van der Waals surface area contributed by atoms with Crippen LogP contribution in [0.15, 0.2) is 29.6 Å². The molecule has 1 aliphatic carbocycles. The molecule has 1 unspecified atom stereocenters. The van der Waals surface area contributed by atoms with E-state index in [-0.39, 0.29) is 23.7 Å². The van der Waals surface area contributed by atoms with E-state index >= 15 is 0 Å². The highest BCUT2D eigenvalue weighted by molar-refractivity contribution is 7.80. The van der Waals surface area contributed by atoms with Crippen LogP contribution in [0.3, 0.4) is 0 Å². The summed E-state index contributed by atoms with van der Waals surface area (Å²) in [6, 6.07) is 4.47. The molecule has 1 N–H and O–H groups in total. The highest BCUT2D eigenvalue weighted by Gasteiger charge is 2.67. The number of allylic oxidation sites excluding steroid dienone is 1. The Labute approximate surface area is 169 Å². The standard InChI is InChI=1S/C18H18ClF4N3OS/c1-25-13(5-14(27)24-7-18(21,22)23)15-11-6-17(11,8-26(15)16(25)28)10-4-9(19)2-3-12(10)20/h2-4,11,16,28H,5-8H2,1H3,(H,24,27)/t11-,16?,17+/m0/s1. The lowest BCUT2D eigenvalue weighted by atomic mass is 9.94. The SMILES string of the molecule is CN1C(CC(=O)NCC(F)(F)F)=C2[C@@H]3C[C@]3(c3cc(Cl)ccc3F)CN2C1S. The van der Waals surface area contributed by atoms with Crippen LogP contribution in [0.2, 0.25) is 5.02 Å². The maximum absolute atomic E-state index is 14.5. The third-order valence-electron chi connectivity index (χ3n) is 5.79. The molecular formula is C18H18ClF4N3OS. The number of hydrogen-bond acceptors (Lipinski definition) is 4. The van der Waals surface area contributed by atoms with Crippen LogP contribution in [-0.2, 0) is 10.2 Å². The number of piperidine rings is 1. The van der Waals surface area contributed by atoms with Crippen LogP contribution < -0.4 is 5.32 Å². The number of nitrogens with zero attached hydrogens (tertiary/aromatic N) is 2. The summed E-state index contributed by atoms with van der Waals surface area (Å²) in [7, 11) is 1.75. The number of rotatable bonds is 4. The van der Waals surface area contributed by atoms with Gasteiger partial charge in [-0.25, -0.2) is 4.39 Å². The van der Waals surface area contributed by atoms with Crippen LogP contribution in [0.4, 0.5) is 17.6 Å². The summed E-state index contributed by atoms with van der Waals surface area (Å²) < 4.78 is 51.5. The fourth-order valence-electron chi connectivity index (χ4n) is 4.42. The zero-order valence-electron chi connectivity index (χ0n) is 14.9. The van der Waals surface area contributed by atoms with Crippen molar-refractivity contribution in [2.45, 2.75) is 29.9 Å². The fourth-order valence-corrected chi connectivity index (χ4v) is 4.94. The van der Waals surface area contributed by atoms with Crippen LogP contribution in [-0.4, -0.2) is 47.5 Å². The molecular weight excluding hydrogens is 418 g/mol. The van der Waals surface area contributed by atoms with Gasteiger partial charge in [-0.3, -0.25) is 4.79 Å². The van der Waals surface area contributed by atoms with Crippen molar-refractivity contribution < 1.29 is 22.4 Å². The lowest BCUT2D eigenvalue weighted by Crippen LogP contribution is -2.37. The third-order valence-corrected chi connectivity index (χ3v) is 6.65. The van der Waals surface area contributed by atoms with E-state index < -0.39 is 24.0 Å². The lowest BCUT2D eigenvalue weighted by Gasteiger charge is -2.29. The van der Waals surface area contributed by atoms with Gasteiger partial charge in [0.15, 0.2) is 0 Å². The van der Waals surface area contributed by atoms with Crippen molar-refractivity contribution in [2.24, 2.45) is 5.92 Å². The molecule has 1 aromatic carbocycles. The van der Waals surface area contributed by atoms with E-state index in [1.54, 1.807) is 18.0 Å². The summed E-state index contributed by atoms with van der Waals surface area (Å²) in [5, 5.41) is 2.35. The molecule has 2 fully saturated rings. The predicted molar refractivity (Wildman–Crippen MR) is 99.1 cm³/mol. The average Bonchev–Trinajstić information content (AvgIpc) is 3.17. The summed E-state index contributed by atoms with van der Waals surface area (Å²) in [5.74, 6) is -1.05. The van der Waals surface area contributed by atoms with Gasteiger partial charge in [0.25, 0.3) is 0 Å². The molecule has 152 valence electrons. The maximum atomic E-state index is 14.5. The molecule has 1 saturated carbocycles. The number of carbonyl (C=O) groups excluding carboxylic acids is 1. The summed E-state index contributed by atoms with van der Waals surface area (Å²) in [4.78, 5) is 15.8. The van der Waals surface area contributed by atoms with Crippen molar-refractivity contribution in [1.29, 1.82) is 0 Å². The van der Waals surface area contributed by atoms with Crippen LogP contribution in [0.1, 0.15) is 18.4 Å². The predicted octanol–water partition coefficient (Wildman–Crippen LogP) is 3.49. The summed E-state index contributed by atoms with van der Waals surface area (Å²) >= 11 is 10.6. The second kappa shape index (κ2) is 6.45. The number of benzene rings is 1. The van der Waals surface area contributed by atoms with Gasteiger partial charge in [-0.2, -0.15) is 13.2 Å². The number of thiol groups is 1. The van der Waals surface area contributed by atoms with E-state index in [1.807, 2.05) is 10.2 Å². The molecule has 0 spiro atoms. The largest absolute Gasteiger partial charge is 0.405 e. The second-order valence-corrected chi connectivity index (χ2v) is 8.42. The van der Waals surface area contributed by atoms with Crippen LogP contribution in [0.5, 0.6) is 0 Å². The first-order chi connectivity index (χ1) is 13.0. The molecule has 1 saturated heterocycles. The molecule has 3 aliphatic rings. The molecule has 0 aromatic heterocycles. The minimum Gasteiger partial charge on any atom is -0.347 e. The zero-order chi connectivity index (χ0) is 20.4. The Morgan fingerprint density at radius 3 is 2.82 bits per heavy atom. The van der Waals surface area contributed by atoms with Gasteiger partial charge in [0.1, 0.15) is 17.9 Å². The fraction of sp³-hybridized carbons (Fsp3) is 0.500. The topological polar surface area (TPSA) is 35.6 Å². The van der Waals surface area contributed by atoms with Crippen molar-refractivity contribution in [3.8, 4) is 0 Å². The molecule has 2 aliphatic heterocycles. The second-order valence-electron chi connectivity index (χ2n) is 7.52. The minimum atomic E-state index is -4.46. The quantitative estimate of drug-likeness (QED) is 0.561. The number of halogens is 5. The Hall–Kier alpha value is -1.61. The van der Waals surface area contributed by atoms with Crippen molar-refractivity contribution in [2.75, 3.05) is 20.1 Å². The van der Waals surface area contributed by atoms with Gasteiger partial charge in [0.2, 0.25) is 5.91 Å². The van der Waals surface area contributed by atoms with E-state index in [4.69, 9.17) is 11.6 Å². The van der Waals surface area contributed by atoms with E-state index in [0.717, 1.165) is 5.70 Å². The molecule has 10 heteroatoms. The Balaban J connectivity index is 1.61. The molecule has 0 radical (unpaired) electrons. The van der Waals surface area contributed by atoms with Crippen LogP contribution in [0.25, 0.3) is 0 Å². The van der Waals surface area contributed by atoms with Crippen molar-refractivity contribution in [3.05, 3.63) is 46.0 Å². The first kappa shape index (κ1) is 19.7. The zero-order valence-corrected chi connectivity index (χ0v) is 16.5. The molecule has 1 amide bonds. The van der Waals surface area contributed by atoms with Gasteiger partial charge in [0, 0.05) is 41.3 Å². The van der Waals surface area contributed by atoms with E-state index in [1.165, 1.54) is 12.1 Å². The molecule has 28 heavy (non-hydrogen) atoms. The van der Waals surface area contributed by atoms with Crippen LogP contribution >= 0.6 is 24.2 Å². The average molecular weight is 436 g/mol. The summed E-state index contributed by atoms with van der Waals surface area (Å²) in [5.41, 5.74) is 1.25. The smallest absolute Gasteiger partial charge is 0.347 e. The molecule has 4 rings (SSSR count). The van der Waals surface area contributed by atoms with Gasteiger partial charge in [-0.15, -0.1) is 12.6 Å². The van der Waals surface area contributed by atoms with Crippen molar-refractivity contribution >= 4 is 30.1 Å². The Morgan fingerprint density at radius 1 is 1.43 bits per heavy atom. The molecule has 4 nitrogen and oxygen atoms in total. The normalized spacial score (nSPS) is 28.5. The minimum absolute atomic E-state index is 0.00881. The van der Waals surface area contributed by atoms with Gasteiger partial charge in [-0.1, -0.05) is 11.6 Å². The Bertz CT molecular complexity index is 877. The highest BCUT2D eigenvalue weighted by atomic mass is 35.5. The van der Waals surface area contributed by atoms with Gasteiger partial charge in [0.05, 0.1) is 6.42 Å². The van der Waals surface area contributed by atoms with Gasteiger partial charge >= 0.3 is 6.18 Å². The highest BCUT2D eigenvalue weighted by Crippen LogP contribution is 2.67. The van der Waals surface area contributed by atoms with Crippen LogP contribution in [0, 0.1) is 11.7 Å². The molecule has 0 bridgehead atoms.